The number of halogens is 4. The van der Waals surface area contributed by atoms with E-state index in [-0.39, 0.29) is 12.3 Å². The van der Waals surface area contributed by atoms with Gasteiger partial charge >= 0.3 is 6.18 Å². The number of carbonyl (C=O) groups is 1. The van der Waals surface area contributed by atoms with Crippen molar-refractivity contribution in [2.45, 2.75) is 25.4 Å². The molecule has 1 heterocycles. The van der Waals surface area contributed by atoms with Crippen LogP contribution < -0.4 is 4.90 Å². The minimum Gasteiger partial charge on any atom is -0.309 e. The van der Waals surface area contributed by atoms with Crippen LogP contribution in [0, 0.1) is 5.82 Å². The number of carbonyl (C=O) groups excluding carboxylic acids is 1. The van der Waals surface area contributed by atoms with Gasteiger partial charge in [-0.3, -0.25) is 4.79 Å². The molecule has 1 aliphatic rings. The van der Waals surface area contributed by atoms with E-state index in [0.717, 1.165) is 24.1 Å². The summed E-state index contributed by atoms with van der Waals surface area (Å²) < 4.78 is 51.8. The normalized spacial score (nSPS) is 14.4. The van der Waals surface area contributed by atoms with Crippen LogP contribution in [0.1, 0.15) is 23.1 Å². The maximum absolute atomic E-state index is 14.1. The smallest absolute Gasteiger partial charge is 0.309 e. The van der Waals surface area contributed by atoms with Crippen molar-refractivity contribution in [1.29, 1.82) is 0 Å². The second kappa shape index (κ2) is 6.26. The molecule has 1 amide bonds. The molecule has 0 unspecified atom stereocenters. The number of anilines is 1. The van der Waals surface area contributed by atoms with Crippen LogP contribution in [0.4, 0.5) is 23.2 Å². The van der Waals surface area contributed by atoms with Crippen molar-refractivity contribution in [3.63, 3.8) is 0 Å². The van der Waals surface area contributed by atoms with Gasteiger partial charge in [-0.05, 0) is 42.2 Å². The fourth-order valence-corrected chi connectivity index (χ4v) is 2.93. The quantitative estimate of drug-likeness (QED) is 0.746. The molecule has 1 aliphatic heterocycles. The van der Waals surface area contributed by atoms with E-state index in [2.05, 4.69) is 0 Å². The number of nitrogens with zero attached hydrogens (tertiary/aromatic N) is 1. The van der Waals surface area contributed by atoms with Gasteiger partial charge in [0.15, 0.2) is 0 Å². The Kier molecular flexibility index (Phi) is 4.30. The van der Waals surface area contributed by atoms with Crippen molar-refractivity contribution in [2.75, 3.05) is 11.4 Å². The summed E-state index contributed by atoms with van der Waals surface area (Å²) in [5.74, 6) is -0.770. The fourth-order valence-electron chi connectivity index (χ4n) is 2.93. The first-order valence-electron chi connectivity index (χ1n) is 7.60. The van der Waals surface area contributed by atoms with Crippen LogP contribution in [0.3, 0.4) is 0 Å². The SMILES string of the molecule is O=C(Cc1ccc(C(F)(F)F)cc1)N1CCCc2cccc(F)c21. The summed E-state index contributed by atoms with van der Waals surface area (Å²) in [5.41, 5.74) is 0.784. The second-order valence-electron chi connectivity index (χ2n) is 5.77. The molecule has 0 N–H and O–H groups in total. The number of hydrogen-bond donors (Lipinski definition) is 0. The van der Waals surface area contributed by atoms with Gasteiger partial charge in [0.25, 0.3) is 0 Å². The molecule has 126 valence electrons. The summed E-state index contributed by atoms with van der Waals surface area (Å²) in [6, 6.07) is 9.18. The number of fused-ring (bicyclic) bond motifs is 1. The van der Waals surface area contributed by atoms with Gasteiger partial charge in [0, 0.05) is 6.54 Å². The van der Waals surface area contributed by atoms with Gasteiger partial charge in [-0.25, -0.2) is 4.39 Å². The van der Waals surface area contributed by atoms with Crippen LogP contribution in [0.25, 0.3) is 0 Å². The topological polar surface area (TPSA) is 20.3 Å². The van der Waals surface area contributed by atoms with E-state index in [0.29, 0.717) is 24.2 Å². The van der Waals surface area contributed by atoms with E-state index in [1.54, 1.807) is 12.1 Å². The van der Waals surface area contributed by atoms with Crippen molar-refractivity contribution < 1.29 is 22.4 Å². The van der Waals surface area contributed by atoms with E-state index in [1.807, 2.05) is 0 Å². The summed E-state index contributed by atoms with van der Waals surface area (Å²) in [5, 5.41) is 0. The molecular weight excluding hydrogens is 322 g/mol. The van der Waals surface area contributed by atoms with Gasteiger partial charge in [0.2, 0.25) is 5.91 Å². The molecule has 0 radical (unpaired) electrons. The highest BCUT2D eigenvalue weighted by atomic mass is 19.4. The number of para-hydroxylation sites is 1. The summed E-state index contributed by atoms with van der Waals surface area (Å²) in [4.78, 5) is 13.9. The molecule has 0 spiro atoms. The first-order chi connectivity index (χ1) is 11.4. The number of alkyl halides is 3. The molecule has 0 fully saturated rings. The predicted octanol–water partition coefficient (Wildman–Crippen LogP) is 4.37. The number of benzene rings is 2. The Balaban J connectivity index is 1.79. The molecular formula is C18H15F4NO. The monoisotopic (exact) mass is 337 g/mol. The zero-order chi connectivity index (χ0) is 17.3. The lowest BCUT2D eigenvalue weighted by molar-refractivity contribution is -0.137. The maximum atomic E-state index is 14.1. The van der Waals surface area contributed by atoms with Gasteiger partial charge in [-0.1, -0.05) is 24.3 Å². The number of rotatable bonds is 2. The molecule has 0 saturated heterocycles. The molecule has 2 aromatic carbocycles. The molecule has 0 saturated carbocycles. The third-order valence-corrected chi connectivity index (χ3v) is 4.11. The summed E-state index contributed by atoms with van der Waals surface area (Å²) in [6.07, 6.45) is -3.03. The number of hydrogen-bond acceptors (Lipinski definition) is 1. The van der Waals surface area contributed by atoms with Crippen molar-refractivity contribution in [3.05, 3.63) is 65.0 Å². The summed E-state index contributed by atoms with van der Waals surface area (Å²) >= 11 is 0. The van der Waals surface area contributed by atoms with Crippen LogP contribution in [0.5, 0.6) is 0 Å². The van der Waals surface area contributed by atoms with Gasteiger partial charge in [-0.2, -0.15) is 13.2 Å². The summed E-state index contributed by atoms with van der Waals surface area (Å²) in [6.45, 7) is 0.410. The highest BCUT2D eigenvalue weighted by molar-refractivity contribution is 5.96. The first-order valence-corrected chi connectivity index (χ1v) is 7.60. The largest absolute Gasteiger partial charge is 0.416 e. The van der Waals surface area contributed by atoms with E-state index in [9.17, 15) is 22.4 Å². The third kappa shape index (κ3) is 3.27. The number of amides is 1. The van der Waals surface area contributed by atoms with Gasteiger partial charge < -0.3 is 4.90 Å². The molecule has 0 bridgehead atoms. The molecule has 0 aromatic heterocycles. The van der Waals surface area contributed by atoms with Crippen LogP contribution >= 0.6 is 0 Å². The molecule has 0 aliphatic carbocycles. The Morgan fingerprint density at radius 3 is 2.46 bits per heavy atom. The summed E-state index contributed by atoms with van der Waals surface area (Å²) in [7, 11) is 0. The lowest BCUT2D eigenvalue weighted by Crippen LogP contribution is -2.37. The minimum atomic E-state index is -4.41. The molecule has 2 aromatic rings. The van der Waals surface area contributed by atoms with Crippen molar-refractivity contribution >= 4 is 11.6 Å². The van der Waals surface area contributed by atoms with Gasteiger partial charge in [0.05, 0.1) is 17.7 Å². The Hall–Kier alpha value is -2.37. The number of aryl methyl sites for hydroxylation is 1. The van der Waals surface area contributed by atoms with Gasteiger partial charge in [0.1, 0.15) is 5.82 Å². The highest BCUT2D eigenvalue weighted by Crippen LogP contribution is 2.31. The van der Waals surface area contributed by atoms with Gasteiger partial charge in [-0.15, -0.1) is 0 Å². The van der Waals surface area contributed by atoms with E-state index >= 15 is 0 Å². The molecule has 6 heteroatoms. The van der Waals surface area contributed by atoms with Crippen molar-refractivity contribution in [3.8, 4) is 0 Å². The van der Waals surface area contributed by atoms with Crippen molar-refractivity contribution in [1.82, 2.24) is 0 Å². The van der Waals surface area contributed by atoms with Crippen molar-refractivity contribution in [2.24, 2.45) is 0 Å². The Morgan fingerprint density at radius 1 is 1.08 bits per heavy atom. The lowest BCUT2D eigenvalue weighted by Gasteiger charge is -2.30. The van der Waals surface area contributed by atoms with Crippen LogP contribution in [0.2, 0.25) is 0 Å². The fraction of sp³-hybridized carbons (Fsp3) is 0.278. The zero-order valence-corrected chi connectivity index (χ0v) is 12.7. The Morgan fingerprint density at radius 2 is 1.79 bits per heavy atom. The Labute approximate surface area is 136 Å². The van der Waals surface area contributed by atoms with Crippen LogP contribution in [0.15, 0.2) is 42.5 Å². The molecule has 3 rings (SSSR count). The average molecular weight is 337 g/mol. The second-order valence-corrected chi connectivity index (χ2v) is 5.77. The average Bonchev–Trinajstić information content (AvgIpc) is 2.54. The lowest BCUT2D eigenvalue weighted by atomic mass is 10.00. The van der Waals surface area contributed by atoms with E-state index < -0.39 is 17.6 Å². The molecule has 2 nitrogen and oxygen atoms in total. The predicted molar refractivity (Wildman–Crippen MR) is 82.2 cm³/mol. The standard InChI is InChI=1S/C18H15F4NO/c19-15-5-1-3-13-4-2-10-23(17(13)15)16(24)11-12-6-8-14(9-7-12)18(20,21)22/h1,3,5-9H,2,4,10-11H2. The molecule has 0 atom stereocenters. The molecule has 24 heavy (non-hydrogen) atoms. The third-order valence-electron chi connectivity index (χ3n) is 4.11. The zero-order valence-electron chi connectivity index (χ0n) is 12.7. The maximum Gasteiger partial charge on any atom is 0.416 e. The highest BCUT2D eigenvalue weighted by Gasteiger charge is 2.30. The first kappa shape index (κ1) is 16.5. The van der Waals surface area contributed by atoms with E-state index in [1.165, 1.54) is 23.1 Å². The Bertz CT molecular complexity index is 753. The van der Waals surface area contributed by atoms with E-state index in [4.69, 9.17) is 0 Å². The van der Waals surface area contributed by atoms with Crippen LogP contribution in [-0.4, -0.2) is 12.5 Å². The van der Waals surface area contributed by atoms with Crippen LogP contribution in [-0.2, 0) is 23.8 Å². The minimum absolute atomic E-state index is 0.0636.